The first-order valence-corrected chi connectivity index (χ1v) is 11.5. The number of ether oxygens (including phenoxy) is 2. The Morgan fingerprint density at radius 1 is 0.962 bits per heavy atom. The number of methoxy groups -OCH3 is 1. The summed E-state index contributed by atoms with van der Waals surface area (Å²) in [6, 6.07) is 8.17. The SMILES string of the molecule is CCCCCCCCOc1ccc(/C=C/c2cc(Br)sc2Br)cc1OC. The minimum absolute atomic E-state index is 0.744. The van der Waals surface area contributed by atoms with Crippen LogP contribution in [-0.2, 0) is 0 Å². The molecule has 1 aromatic heterocycles. The molecule has 2 aromatic rings. The lowest BCUT2D eigenvalue weighted by Crippen LogP contribution is -1.99. The first kappa shape index (κ1) is 21.5. The van der Waals surface area contributed by atoms with E-state index in [4.69, 9.17) is 9.47 Å². The molecule has 0 fully saturated rings. The Morgan fingerprint density at radius 3 is 2.42 bits per heavy atom. The lowest BCUT2D eigenvalue weighted by Gasteiger charge is -2.11. The van der Waals surface area contributed by atoms with Crippen molar-refractivity contribution in [1.29, 1.82) is 0 Å². The topological polar surface area (TPSA) is 18.5 Å². The summed E-state index contributed by atoms with van der Waals surface area (Å²) < 4.78 is 13.6. The molecule has 0 aliphatic rings. The lowest BCUT2D eigenvalue weighted by atomic mass is 10.1. The van der Waals surface area contributed by atoms with E-state index in [1.807, 2.05) is 12.1 Å². The molecule has 1 heterocycles. The fourth-order valence-corrected chi connectivity index (χ4v) is 5.38. The predicted octanol–water partition coefficient (Wildman–Crippen LogP) is 8.19. The molecule has 0 saturated carbocycles. The molecule has 0 amide bonds. The van der Waals surface area contributed by atoms with Crippen LogP contribution in [-0.4, -0.2) is 13.7 Å². The maximum absolute atomic E-state index is 5.91. The van der Waals surface area contributed by atoms with Crippen molar-refractivity contribution in [3.8, 4) is 11.5 Å². The number of thiophene rings is 1. The second-order valence-corrected chi connectivity index (χ2v) is 9.89. The zero-order valence-electron chi connectivity index (χ0n) is 15.4. The Balaban J connectivity index is 1.89. The highest BCUT2D eigenvalue weighted by Crippen LogP contribution is 2.34. The van der Waals surface area contributed by atoms with Gasteiger partial charge in [0.25, 0.3) is 0 Å². The van der Waals surface area contributed by atoms with Crippen molar-refractivity contribution in [1.82, 2.24) is 0 Å². The molecule has 0 saturated heterocycles. The van der Waals surface area contributed by atoms with Crippen LogP contribution in [0.25, 0.3) is 12.2 Å². The minimum Gasteiger partial charge on any atom is -0.493 e. The molecule has 0 aliphatic heterocycles. The fourth-order valence-electron chi connectivity index (χ4n) is 2.62. The second kappa shape index (κ2) is 11.8. The number of benzene rings is 1. The van der Waals surface area contributed by atoms with Crippen molar-refractivity contribution >= 4 is 55.3 Å². The molecule has 0 spiro atoms. The molecule has 0 atom stereocenters. The molecule has 0 aliphatic carbocycles. The molecule has 2 nitrogen and oxygen atoms in total. The van der Waals surface area contributed by atoms with Crippen LogP contribution in [0.15, 0.2) is 31.8 Å². The highest BCUT2D eigenvalue weighted by atomic mass is 79.9. The van der Waals surface area contributed by atoms with Crippen molar-refractivity contribution in [3.05, 3.63) is 43.0 Å². The van der Waals surface area contributed by atoms with Crippen LogP contribution >= 0.6 is 43.2 Å². The average Bonchev–Trinajstić information content (AvgIpc) is 2.97. The van der Waals surface area contributed by atoms with Gasteiger partial charge in [0.15, 0.2) is 11.5 Å². The maximum Gasteiger partial charge on any atom is 0.161 e. The molecule has 0 N–H and O–H groups in total. The summed E-state index contributed by atoms with van der Waals surface area (Å²) in [5.41, 5.74) is 2.24. The zero-order chi connectivity index (χ0) is 18.8. The summed E-state index contributed by atoms with van der Waals surface area (Å²) in [5, 5.41) is 0. The Kier molecular flexibility index (Phi) is 9.79. The third-order valence-electron chi connectivity index (χ3n) is 4.08. The Labute approximate surface area is 177 Å². The fraction of sp³-hybridized carbons (Fsp3) is 0.429. The summed E-state index contributed by atoms with van der Waals surface area (Å²) in [6.07, 6.45) is 11.8. The van der Waals surface area contributed by atoms with E-state index in [1.54, 1.807) is 18.4 Å². The van der Waals surface area contributed by atoms with E-state index in [1.165, 1.54) is 32.1 Å². The van der Waals surface area contributed by atoms with Crippen LogP contribution in [0.1, 0.15) is 56.6 Å². The van der Waals surface area contributed by atoms with Gasteiger partial charge in [-0.1, -0.05) is 57.2 Å². The summed E-state index contributed by atoms with van der Waals surface area (Å²) in [5.74, 6) is 1.60. The Hall–Kier alpha value is -0.780. The van der Waals surface area contributed by atoms with Gasteiger partial charge in [0.2, 0.25) is 0 Å². The molecule has 0 unspecified atom stereocenters. The van der Waals surface area contributed by atoms with Crippen molar-refractivity contribution in [3.63, 3.8) is 0 Å². The molecular weight excluding hydrogens is 476 g/mol. The second-order valence-electron chi connectivity index (χ2n) is 6.14. The van der Waals surface area contributed by atoms with Crippen LogP contribution in [0.3, 0.4) is 0 Å². The van der Waals surface area contributed by atoms with Crippen LogP contribution in [0.4, 0.5) is 0 Å². The monoisotopic (exact) mass is 500 g/mol. The van der Waals surface area contributed by atoms with Crippen molar-refractivity contribution in [2.24, 2.45) is 0 Å². The first-order chi connectivity index (χ1) is 12.6. The third kappa shape index (κ3) is 7.09. The van der Waals surface area contributed by atoms with Gasteiger partial charge >= 0.3 is 0 Å². The number of rotatable bonds is 11. The van der Waals surface area contributed by atoms with Gasteiger partial charge in [-0.2, -0.15) is 0 Å². The van der Waals surface area contributed by atoms with Gasteiger partial charge in [-0.25, -0.2) is 0 Å². The van der Waals surface area contributed by atoms with Crippen molar-refractivity contribution < 1.29 is 9.47 Å². The molecule has 2 rings (SSSR count). The van der Waals surface area contributed by atoms with Crippen molar-refractivity contribution in [2.45, 2.75) is 45.4 Å². The number of hydrogen-bond donors (Lipinski definition) is 0. The normalized spacial score (nSPS) is 11.2. The number of hydrogen-bond acceptors (Lipinski definition) is 3. The van der Waals surface area contributed by atoms with Gasteiger partial charge in [-0.15, -0.1) is 11.3 Å². The van der Waals surface area contributed by atoms with Gasteiger partial charge in [0.1, 0.15) is 0 Å². The van der Waals surface area contributed by atoms with Gasteiger partial charge in [0.05, 0.1) is 21.3 Å². The molecule has 1 aromatic carbocycles. The quantitative estimate of drug-likeness (QED) is 0.289. The highest BCUT2D eigenvalue weighted by molar-refractivity contribution is 9.12. The smallest absolute Gasteiger partial charge is 0.161 e. The number of unbranched alkanes of at least 4 members (excludes halogenated alkanes) is 5. The average molecular weight is 502 g/mol. The standard InChI is InChI=1S/C21H26Br2O2S/c1-3-4-5-6-7-8-13-25-18-12-10-16(14-19(18)24-2)9-11-17-15-20(22)26-21(17)23/h9-12,14-15H,3-8,13H2,1-2H3/b11-9+. The third-order valence-corrected chi connectivity index (χ3v) is 6.47. The number of halogens is 2. The van der Waals surface area contributed by atoms with Gasteiger partial charge in [0, 0.05) is 5.56 Å². The molecular formula is C21H26Br2O2S. The minimum atomic E-state index is 0.744. The van der Waals surface area contributed by atoms with Crippen LogP contribution in [0.5, 0.6) is 11.5 Å². The maximum atomic E-state index is 5.91. The molecule has 0 bridgehead atoms. The van der Waals surface area contributed by atoms with Gasteiger partial charge in [-0.3, -0.25) is 0 Å². The lowest BCUT2D eigenvalue weighted by molar-refractivity contribution is 0.284. The van der Waals surface area contributed by atoms with E-state index >= 15 is 0 Å². The first-order valence-electron chi connectivity index (χ1n) is 9.07. The largest absolute Gasteiger partial charge is 0.493 e. The summed E-state index contributed by atoms with van der Waals surface area (Å²) in [6.45, 7) is 2.99. The Morgan fingerprint density at radius 2 is 1.73 bits per heavy atom. The highest BCUT2D eigenvalue weighted by Gasteiger charge is 2.06. The van der Waals surface area contributed by atoms with E-state index in [9.17, 15) is 0 Å². The van der Waals surface area contributed by atoms with Crippen LogP contribution < -0.4 is 9.47 Å². The summed E-state index contributed by atoms with van der Waals surface area (Å²) >= 11 is 8.75. The van der Waals surface area contributed by atoms with E-state index in [-0.39, 0.29) is 0 Å². The predicted molar refractivity (Wildman–Crippen MR) is 121 cm³/mol. The van der Waals surface area contributed by atoms with E-state index in [0.717, 1.165) is 43.2 Å². The van der Waals surface area contributed by atoms with Crippen LogP contribution in [0, 0.1) is 0 Å². The summed E-state index contributed by atoms with van der Waals surface area (Å²) in [7, 11) is 1.69. The molecule has 142 valence electrons. The van der Waals surface area contributed by atoms with Gasteiger partial charge < -0.3 is 9.47 Å². The van der Waals surface area contributed by atoms with E-state index < -0.39 is 0 Å². The molecule has 5 heteroatoms. The molecule has 26 heavy (non-hydrogen) atoms. The Bertz CT molecular complexity index is 710. The zero-order valence-corrected chi connectivity index (χ0v) is 19.4. The van der Waals surface area contributed by atoms with Gasteiger partial charge in [-0.05, 0) is 62.0 Å². The van der Waals surface area contributed by atoms with Crippen molar-refractivity contribution in [2.75, 3.05) is 13.7 Å². The van der Waals surface area contributed by atoms with Crippen LogP contribution in [0.2, 0.25) is 0 Å². The molecule has 0 radical (unpaired) electrons. The van der Waals surface area contributed by atoms with E-state index in [0.29, 0.717) is 0 Å². The van der Waals surface area contributed by atoms with E-state index in [2.05, 4.69) is 63.1 Å². The summed E-state index contributed by atoms with van der Waals surface area (Å²) in [4.78, 5) is 0.